The molecule has 0 fully saturated rings. The highest BCUT2D eigenvalue weighted by molar-refractivity contribution is 5.94. The molecule has 1 unspecified atom stereocenters. The molecule has 0 aliphatic heterocycles. The first kappa shape index (κ1) is 26.4. The van der Waals surface area contributed by atoms with Crippen molar-refractivity contribution in [3.63, 3.8) is 0 Å². The Morgan fingerprint density at radius 2 is 1.61 bits per heavy atom. The summed E-state index contributed by atoms with van der Waals surface area (Å²) in [7, 11) is 2.94. The highest BCUT2D eigenvalue weighted by Gasteiger charge is 2.28. The molecule has 3 aromatic carbocycles. The van der Waals surface area contributed by atoms with Gasteiger partial charge >= 0.3 is 0 Å². The Morgan fingerprint density at radius 1 is 0.972 bits per heavy atom. The normalized spacial score (nSPS) is 11.5. The fraction of sp³-hybridized carbons (Fsp3) is 0.231. The van der Waals surface area contributed by atoms with E-state index in [-0.39, 0.29) is 30.5 Å². The van der Waals surface area contributed by atoms with E-state index in [1.807, 2.05) is 0 Å². The van der Waals surface area contributed by atoms with Crippen LogP contribution in [0.4, 0.5) is 8.78 Å². The van der Waals surface area contributed by atoms with E-state index in [1.54, 1.807) is 43.3 Å². The average Bonchev–Trinajstić information content (AvgIpc) is 2.86. The van der Waals surface area contributed by atoms with E-state index in [2.05, 4.69) is 5.32 Å². The number of halogens is 2. The number of ether oxygens (including phenoxy) is 4. The van der Waals surface area contributed by atoms with Gasteiger partial charge in [0.15, 0.2) is 17.6 Å². The molecule has 0 aliphatic rings. The quantitative estimate of drug-likeness (QED) is 0.265. The van der Waals surface area contributed by atoms with Gasteiger partial charge in [-0.05, 0) is 24.6 Å². The first-order chi connectivity index (χ1) is 17.3. The summed E-state index contributed by atoms with van der Waals surface area (Å²) in [5.41, 5.74) is 6.16. The van der Waals surface area contributed by atoms with Crippen LogP contribution in [0.1, 0.15) is 29.7 Å². The summed E-state index contributed by atoms with van der Waals surface area (Å²) in [5.74, 6) is -1.76. The maximum absolute atomic E-state index is 15.0. The molecule has 0 bridgehead atoms. The van der Waals surface area contributed by atoms with Crippen LogP contribution in [0.2, 0.25) is 0 Å². The molecule has 0 aromatic heterocycles. The summed E-state index contributed by atoms with van der Waals surface area (Å²) >= 11 is 0. The lowest BCUT2D eigenvalue weighted by Gasteiger charge is -2.19. The third kappa shape index (κ3) is 6.28. The van der Waals surface area contributed by atoms with Gasteiger partial charge in [-0.25, -0.2) is 8.78 Å². The summed E-state index contributed by atoms with van der Waals surface area (Å²) in [6.07, 6.45) is -1.51. The molecular formula is C26H27F2N3O5. The molecule has 1 atom stereocenters. The van der Waals surface area contributed by atoms with Gasteiger partial charge in [-0.2, -0.15) is 0 Å². The lowest BCUT2D eigenvalue weighted by Crippen LogP contribution is -2.31. The van der Waals surface area contributed by atoms with Gasteiger partial charge in [0.2, 0.25) is 0 Å². The number of amides is 1. The first-order valence-electron chi connectivity index (χ1n) is 11.0. The van der Waals surface area contributed by atoms with Crippen LogP contribution in [0, 0.1) is 17.0 Å². The van der Waals surface area contributed by atoms with Gasteiger partial charge in [-0.1, -0.05) is 24.3 Å². The van der Waals surface area contributed by atoms with Crippen molar-refractivity contribution in [3.05, 3.63) is 82.9 Å². The number of amidine groups is 1. The number of hydrogen-bond acceptors (Lipinski definition) is 6. The zero-order chi connectivity index (χ0) is 26.2. The predicted molar refractivity (Wildman–Crippen MR) is 130 cm³/mol. The summed E-state index contributed by atoms with van der Waals surface area (Å²) in [6, 6.07) is 13.3. The van der Waals surface area contributed by atoms with Crippen molar-refractivity contribution in [2.45, 2.75) is 19.6 Å². The number of nitrogens with one attached hydrogen (secondary N) is 2. The van der Waals surface area contributed by atoms with Crippen molar-refractivity contribution < 1.29 is 32.5 Å². The van der Waals surface area contributed by atoms with E-state index in [0.717, 1.165) is 12.1 Å². The Morgan fingerprint density at radius 3 is 2.17 bits per heavy atom. The molecule has 3 rings (SSSR count). The SMILES string of the molecule is CCOC(C(=O)NCc1ccc(C(=N)N)cc1)c1c(F)cc(Oc2ccc(OC)c(OC)c2)cc1F. The molecule has 4 N–H and O–H groups in total. The van der Waals surface area contributed by atoms with Crippen molar-refractivity contribution in [1.82, 2.24) is 5.32 Å². The van der Waals surface area contributed by atoms with Crippen LogP contribution in [-0.2, 0) is 16.1 Å². The average molecular weight is 500 g/mol. The molecule has 0 aliphatic carbocycles. The van der Waals surface area contributed by atoms with E-state index < -0.39 is 29.2 Å². The number of methoxy groups -OCH3 is 2. The van der Waals surface area contributed by atoms with Crippen molar-refractivity contribution in [2.24, 2.45) is 5.73 Å². The zero-order valence-corrected chi connectivity index (χ0v) is 20.1. The number of carbonyl (C=O) groups excluding carboxylic acids is 1. The molecule has 0 spiro atoms. The van der Waals surface area contributed by atoms with Gasteiger partial charge in [0, 0.05) is 36.9 Å². The molecule has 36 heavy (non-hydrogen) atoms. The van der Waals surface area contributed by atoms with Crippen molar-refractivity contribution in [1.29, 1.82) is 5.41 Å². The zero-order valence-electron chi connectivity index (χ0n) is 20.1. The summed E-state index contributed by atoms with van der Waals surface area (Å²) in [5, 5.41) is 10.1. The van der Waals surface area contributed by atoms with Gasteiger partial charge in [-0.3, -0.25) is 10.2 Å². The van der Waals surface area contributed by atoms with Gasteiger partial charge in [0.1, 0.15) is 29.0 Å². The Labute approximate surface area is 207 Å². The monoisotopic (exact) mass is 499 g/mol. The van der Waals surface area contributed by atoms with Gasteiger partial charge in [0.25, 0.3) is 5.91 Å². The van der Waals surface area contributed by atoms with Crippen LogP contribution in [-0.4, -0.2) is 32.6 Å². The smallest absolute Gasteiger partial charge is 0.254 e. The van der Waals surface area contributed by atoms with E-state index >= 15 is 8.78 Å². The van der Waals surface area contributed by atoms with E-state index in [1.165, 1.54) is 20.3 Å². The van der Waals surface area contributed by atoms with E-state index in [9.17, 15) is 4.79 Å². The highest BCUT2D eigenvalue weighted by Crippen LogP contribution is 2.35. The lowest BCUT2D eigenvalue weighted by atomic mass is 10.1. The molecule has 190 valence electrons. The molecule has 0 saturated carbocycles. The van der Waals surface area contributed by atoms with Crippen LogP contribution >= 0.6 is 0 Å². The molecular weight excluding hydrogens is 472 g/mol. The van der Waals surface area contributed by atoms with Crippen molar-refractivity contribution in [2.75, 3.05) is 20.8 Å². The van der Waals surface area contributed by atoms with Crippen molar-refractivity contribution in [3.8, 4) is 23.0 Å². The molecule has 0 heterocycles. The maximum atomic E-state index is 15.0. The van der Waals surface area contributed by atoms with E-state index in [4.69, 9.17) is 30.1 Å². The number of hydrogen-bond donors (Lipinski definition) is 3. The minimum atomic E-state index is -1.51. The third-order valence-corrected chi connectivity index (χ3v) is 5.21. The van der Waals surface area contributed by atoms with Gasteiger partial charge in [-0.15, -0.1) is 0 Å². The predicted octanol–water partition coefficient (Wildman–Crippen LogP) is 4.45. The van der Waals surface area contributed by atoms with Crippen LogP contribution < -0.4 is 25.3 Å². The summed E-state index contributed by atoms with van der Waals surface area (Å²) in [6.45, 7) is 1.75. The topological polar surface area (TPSA) is 116 Å². The summed E-state index contributed by atoms with van der Waals surface area (Å²) in [4.78, 5) is 12.8. The number of carbonyl (C=O) groups is 1. The Kier molecular flexibility index (Phi) is 8.80. The Bertz CT molecular complexity index is 1210. The lowest BCUT2D eigenvalue weighted by molar-refractivity contribution is -0.133. The molecule has 8 nitrogen and oxygen atoms in total. The van der Waals surface area contributed by atoms with Gasteiger partial charge in [0.05, 0.1) is 19.8 Å². The second-order valence-corrected chi connectivity index (χ2v) is 7.58. The molecule has 3 aromatic rings. The largest absolute Gasteiger partial charge is 0.493 e. The number of nitrogen functional groups attached to an aromatic ring is 1. The molecule has 1 amide bonds. The first-order valence-corrected chi connectivity index (χ1v) is 11.0. The fourth-order valence-electron chi connectivity index (χ4n) is 3.43. The van der Waals surface area contributed by atoms with Crippen LogP contribution in [0.15, 0.2) is 54.6 Å². The minimum absolute atomic E-state index is 0.0498. The Balaban J connectivity index is 1.78. The maximum Gasteiger partial charge on any atom is 0.254 e. The van der Waals surface area contributed by atoms with E-state index in [0.29, 0.717) is 22.6 Å². The second kappa shape index (κ2) is 12.0. The van der Waals surface area contributed by atoms with Crippen LogP contribution in [0.3, 0.4) is 0 Å². The molecule has 0 saturated heterocycles. The second-order valence-electron chi connectivity index (χ2n) is 7.58. The molecule has 0 radical (unpaired) electrons. The number of benzene rings is 3. The number of nitrogens with two attached hydrogens (primary N) is 1. The highest BCUT2D eigenvalue weighted by atomic mass is 19.1. The van der Waals surface area contributed by atoms with Crippen LogP contribution in [0.25, 0.3) is 0 Å². The van der Waals surface area contributed by atoms with Crippen molar-refractivity contribution >= 4 is 11.7 Å². The summed E-state index contributed by atoms with van der Waals surface area (Å²) < 4.78 is 51.4. The van der Waals surface area contributed by atoms with Gasteiger partial charge < -0.3 is 30.0 Å². The Hall–Kier alpha value is -4.18. The standard InChI is InChI=1S/C26H27F2N3O5/c1-4-35-24(26(32)31-14-15-5-7-16(8-6-15)25(29)30)23-19(27)11-18(12-20(23)28)36-17-9-10-21(33-2)22(13-17)34-3/h5-13,24H,4,14H2,1-3H3,(H3,29,30)(H,31,32). The fourth-order valence-corrected chi connectivity index (χ4v) is 3.43. The van der Waals surface area contributed by atoms with Crippen LogP contribution in [0.5, 0.6) is 23.0 Å². The molecule has 10 heteroatoms. The minimum Gasteiger partial charge on any atom is -0.493 e. The third-order valence-electron chi connectivity index (χ3n) is 5.21. The number of rotatable bonds is 11.